The van der Waals surface area contributed by atoms with Gasteiger partial charge in [-0.25, -0.2) is 9.97 Å². The molecule has 0 radical (unpaired) electrons. The van der Waals surface area contributed by atoms with Crippen molar-refractivity contribution >= 4 is 11.7 Å². The first kappa shape index (κ1) is 23.7. The van der Waals surface area contributed by atoms with Gasteiger partial charge in [-0.1, -0.05) is 78.4 Å². The molecule has 1 aliphatic rings. The molecule has 182 valence electrons. The van der Waals surface area contributed by atoms with Gasteiger partial charge in [0.25, 0.3) is 5.91 Å². The lowest BCUT2D eigenvalue weighted by Gasteiger charge is -2.26. The molecule has 0 spiro atoms. The van der Waals surface area contributed by atoms with Crippen LogP contribution in [0.5, 0.6) is 0 Å². The van der Waals surface area contributed by atoms with Gasteiger partial charge in [-0.15, -0.1) is 0 Å². The molecule has 1 aliphatic heterocycles. The van der Waals surface area contributed by atoms with Crippen molar-refractivity contribution in [1.29, 1.82) is 0 Å². The summed E-state index contributed by atoms with van der Waals surface area (Å²) >= 11 is 0. The van der Waals surface area contributed by atoms with Crippen LogP contribution in [0.3, 0.4) is 0 Å². The zero-order valence-corrected chi connectivity index (χ0v) is 21.0. The number of nitrogens with zero attached hydrogens (tertiary/aromatic N) is 4. The van der Waals surface area contributed by atoms with Crippen molar-refractivity contribution in [3.63, 3.8) is 0 Å². The Morgan fingerprint density at radius 3 is 2.19 bits per heavy atom. The first-order valence-corrected chi connectivity index (χ1v) is 12.7. The molecule has 0 atom stereocenters. The lowest BCUT2D eigenvalue weighted by Crippen LogP contribution is -2.35. The van der Waals surface area contributed by atoms with Crippen LogP contribution in [-0.4, -0.2) is 47.0 Å². The SMILES string of the molecule is Cc1ccc(C(=O)N2CCCN(c3nc(-c4ccccc4)nc(C)c3Cc3ccccc3)CC2)cc1. The van der Waals surface area contributed by atoms with E-state index in [4.69, 9.17) is 9.97 Å². The van der Waals surface area contributed by atoms with Gasteiger partial charge in [0.05, 0.1) is 0 Å². The molecule has 4 aromatic rings. The number of carbonyl (C=O) groups is 1. The zero-order chi connectivity index (χ0) is 24.9. The minimum Gasteiger partial charge on any atom is -0.354 e. The number of aryl methyl sites for hydroxylation is 2. The molecule has 0 saturated carbocycles. The summed E-state index contributed by atoms with van der Waals surface area (Å²) in [7, 11) is 0. The molecule has 5 nitrogen and oxygen atoms in total. The standard InChI is InChI=1S/C31H32N4O/c1-23-14-16-27(17-15-23)31(36)35-19-9-18-34(20-21-35)30-28(22-25-10-5-3-6-11-25)24(2)32-29(33-30)26-12-7-4-8-13-26/h3-8,10-17H,9,18-22H2,1-2H3. The molecule has 5 heteroatoms. The second kappa shape index (κ2) is 10.7. The van der Waals surface area contributed by atoms with Crippen molar-refractivity contribution in [3.8, 4) is 11.4 Å². The van der Waals surface area contributed by atoms with Gasteiger partial charge in [0.15, 0.2) is 5.82 Å². The number of hydrogen-bond acceptors (Lipinski definition) is 4. The summed E-state index contributed by atoms with van der Waals surface area (Å²) in [5, 5.41) is 0. The van der Waals surface area contributed by atoms with Crippen LogP contribution in [0.2, 0.25) is 0 Å². The van der Waals surface area contributed by atoms with Gasteiger partial charge in [0.2, 0.25) is 0 Å². The Labute approximate surface area is 213 Å². The monoisotopic (exact) mass is 476 g/mol. The molecule has 1 amide bonds. The van der Waals surface area contributed by atoms with E-state index in [0.717, 1.165) is 72.1 Å². The second-order valence-corrected chi connectivity index (χ2v) is 9.46. The fourth-order valence-electron chi connectivity index (χ4n) is 4.78. The minimum absolute atomic E-state index is 0.102. The van der Waals surface area contributed by atoms with E-state index >= 15 is 0 Å². The third kappa shape index (κ3) is 5.30. The summed E-state index contributed by atoms with van der Waals surface area (Å²) in [5.74, 6) is 1.83. The second-order valence-electron chi connectivity index (χ2n) is 9.46. The van der Waals surface area contributed by atoms with Crippen molar-refractivity contribution in [2.24, 2.45) is 0 Å². The number of aromatic nitrogens is 2. The molecule has 3 aromatic carbocycles. The van der Waals surface area contributed by atoms with Crippen LogP contribution in [-0.2, 0) is 6.42 Å². The maximum Gasteiger partial charge on any atom is 0.253 e. The van der Waals surface area contributed by atoms with Gasteiger partial charge in [0.1, 0.15) is 5.82 Å². The van der Waals surface area contributed by atoms with Gasteiger partial charge < -0.3 is 9.80 Å². The van der Waals surface area contributed by atoms with Crippen molar-refractivity contribution in [3.05, 3.63) is 113 Å². The summed E-state index contributed by atoms with van der Waals surface area (Å²) < 4.78 is 0. The molecule has 0 unspecified atom stereocenters. The van der Waals surface area contributed by atoms with Crippen LogP contribution < -0.4 is 4.90 Å². The molecular weight excluding hydrogens is 444 g/mol. The largest absolute Gasteiger partial charge is 0.354 e. The molecule has 0 N–H and O–H groups in total. The normalized spacial score (nSPS) is 13.9. The van der Waals surface area contributed by atoms with Gasteiger partial charge >= 0.3 is 0 Å². The predicted octanol–water partition coefficient (Wildman–Crippen LogP) is 5.70. The third-order valence-corrected chi connectivity index (χ3v) is 6.83. The number of amides is 1. The highest BCUT2D eigenvalue weighted by Gasteiger charge is 2.24. The lowest BCUT2D eigenvalue weighted by molar-refractivity contribution is 0.0767. The quantitative estimate of drug-likeness (QED) is 0.371. The van der Waals surface area contributed by atoms with Crippen LogP contribution in [0.4, 0.5) is 5.82 Å². The van der Waals surface area contributed by atoms with E-state index in [1.807, 2.05) is 60.4 Å². The predicted molar refractivity (Wildman–Crippen MR) is 145 cm³/mol. The topological polar surface area (TPSA) is 49.3 Å². The van der Waals surface area contributed by atoms with Crippen molar-refractivity contribution in [2.75, 3.05) is 31.1 Å². The van der Waals surface area contributed by atoms with Crippen LogP contribution in [0.15, 0.2) is 84.9 Å². The molecule has 1 saturated heterocycles. The average Bonchev–Trinajstić information content (AvgIpc) is 3.17. The smallest absolute Gasteiger partial charge is 0.253 e. The average molecular weight is 477 g/mol. The molecule has 2 heterocycles. The number of carbonyl (C=O) groups excluding carboxylic acids is 1. The maximum atomic E-state index is 13.2. The highest BCUT2D eigenvalue weighted by Crippen LogP contribution is 2.28. The van der Waals surface area contributed by atoms with Gasteiger partial charge in [-0.2, -0.15) is 0 Å². The van der Waals surface area contributed by atoms with Crippen LogP contribution in [0.1, 0.15) is 39.2 Å². The summed E-state index contributed by atoms with van der Waals surface area (Å²) in [6.07, 6.45) is 1.67. The van der Waals surface area contributed by atoms with E-state index in [-0.39, 0.29) is 5.91 Å². The van der Waals surface area contributed by atoms with Crippen molar-refractivity contribution < 1.29 is 4.79 Å². The van der Waals surface area contributed by atoms with E-state index < -0.39 is 0 Å². The maximum absolute atomic E-state index is 13.2. The Morgan fingerprint density at radius 2 is 1.47 bits per heavy atom. The fraction of sp³-hybridized carbons (Fsp3) is 0.258. The number of rotatable bonds is 5. The van der Waals surface area contributed by atoms with Gasteiger partial charge in [0, 0.05) is 55.0 Å². The van der Waals surface area contributed by atoms with E-state index in [0.29, 0.717) is 6.54 Å². The zero-order valence-electron chi connectivity index (χ0n) is 21.0. The van der Waals surface area contributed by atoms with Gasteiger partial charge in [-0.05, 0) is 38.0 Å². The minimum atomic E-state index is 0.102. The van der Waals surface area contributed by atoms with Crippen LogP contribution >= 0.6 is 0 Å². The first-order valence-electron chi connectivity index (χ1n) is 12.7. The molecule has 0 aliphatic carbocycles. The number of benzene rings is 3. The van der Waals surface area contributed by atoms with Crippen LogP contribution in [0.25, 0.3) is 11.4 Å². The Morgan fingerprint density at radius 1 is 0.778 bits per heavy atom. The Hall–Kier alpha value is -3.99. The van der Waals surface area contributed by atoms with Gasteiger partial charge in [-0.3, -0.25) is 4.79 Å². The summed E-state index contributed by atoms with van der Waals surface area (Å²) in [5.41, 5.74) is 6.32. The summed E-state index contributed by atoms with van der Waals surface area (Å²) in [6, 6.07) is 28.5. The molecule has 5 rings (SSSR count). The molecule has 36 heavy (non-hydrogen) atoms. The third-order valence-electron chi connectivity index (χ3n) is 6.83. The number of anilines is 1. The molecule has 1 aromatic heterocycles. The van der Waals surface area contributed by atoms with Crippen molar-refractivity contribution in [1.82, 2.24) is 14.9 Å². The Balaban J connectivity index is 1.45. The van der Waals surface area contributed by atoms with Crippen LogP contribution in [0, 0.1) is 13.8 Å². The molecule has 0 bridgehead atoms. The Bertz CT molecular complexity index is 1320. The van der Waals surface area contributed by atoms with Crippen molar-refractivity contribution in [2.45, 2.75) is 26.7 Å². The Kier molecular flexibility index (Phi) is 7.08. The summed E-state index contributed by atoms with van der Waals surface area (Å²) in [4.78, 5) is 27.5. The highest BCUT2D eigenvalue weighted by molar-refractivity contribution is 5.94. The van der Waals surface area contributed by atoms with E-state index in [9.17, 15) is 4.79 Å². The van der Waals surface area contributed by atoms with E-state index in [1.54, 1.807) is 0 Å². The first-order chi connectivity index (χ1) is 17.6. The summed E-state index contributed by atoms with van der Waals surface area (Å²) in [6.45, 7) is 7.13. The molecular formula is C31H32N4O. The number of hydrogen-bond donors (Lipinski definition) is 0. The van der Waals surface area contributed by atoms with E-state index in [2.05, 4.69) is 48.2 Å². The molecule has 1 fully saturated rings. The van der Waals surface area contributed by atoms with E-state index in [1.165, 1.54) is 5.56 Å². The highest BCUT2D eigenvalue weighted by atomic mass is 16.2. The fourth-order valence-corrected chi connectivity index (χ4v) is 4.78. The lowest BCUT2D eigenvalue weighted by atomic mass is 10.0.